The van der Waals surface area contributed by atoms with Gasteiger partial charge in [-0.15, -0.1) is 28.6 Å². The molecule has 5 unspecified atom stereocenters. The molecule has 4 fully saturated rings. The average Bonchev–Trinajstić information content (AvgIpc) is 3.81. The van der Waals surface area contributed by atoms with Gasteiger partial charge in [0.1, 0.15) is 16.0 Å². The van der Waals surface area contributed by atoms with E-state index >= 15 is 0 Å². The van der Waals surface area contributed by atoms with E-state index in [0.717, 1.165) is 80.7 Å². The van der Waals surface area contributed by atoms with Gasteiger partial charge < -0.3 is 15.0 Å². The number of nitrogens with zero attached hydrogens (tertiary/aromatic N) is 5. The fourth-order valence-electron chi connectivity index (χ4n) is 6.72. The van der Waals surface area contributed by atoms with Crippen LogP contribution in [0.2, 0.25) is 0 Å². The summed E-state index contributed by atoms with van der Waals surface area (Å²) in [5, 5.41) is 18.9. The number of hydrogen-bond donors (Lipinski definition) is 2. The molecule has 204 valence electrons. The van der Waals surface area contributed by atoms with Crippen LogP contribution in [0.1, 0.15) is 41.6 Å². The third-order valence-corrected chi connectivity index (χ3v) is 13.5. The lowest BCUT2D eigenvalue weighted by Crippen LogP contribution is -2.76. The molecule has 0 radical (unpaired) electrons. The monoisotopic (exact) mass is 607 g/mol. The molecule has 7 heterocycles. The average molecular weight is 608 g/mol. The van der Waals surface area contributed by atoms with Gasteiger partial charge in [-0.25, -0.2) is 10.0 Å². The van der Waals surface area contributed by atoms with Crippen molar-refractivity contribution in [3.05, 3.63) is 52.2 Å². The van der Waals surface area contributed by atoms with E-state index < -0.39 is 10.3 Å². The Morgan fingerprint density at radius 1 is 1.08 bits per heavy atom. The molecule has 13 heteroatoms. The summed E-state index contributed by atoms with van der Waals surface area (Å²) in [6.45, 7) is 4.72. The Morgan fingerprint density at radius 2 is 2.03 bits per heavy atom. The van der Waals surface area contributed by atoms with Gasteiger partial charge in [0, 0.05) is 72.7 Å². The van der Waals surface area contributed by atoms with E-state index in [1.54, 1.807) is 11.5 Å². The molecule has 0 aliphatic carbocycles. The van der Waals surface area contributed by atoms with Gasteiger partial charge in [-0.05, 0) is 60.5 Å². The van der Waals surface area contributed by atoms with Crippen molar-refractivity contribution in [2.75, 3.05) is 50.0 Å². The second-order valence-corrected chi connectivity index (χ2v) is 15.3. The Morgan fingerprint density at radius 3 is 2.71 bits per heavy atom. The Balaban J connectivity index is 1.52. The number of nitrogens with one attached hydrogen (secondary N) is 2. The Bertz CT molecular complexity index is 1150. The minimum absolute atomic E-state index is 0.0171. The predicted molar refractivity (Wildman–Crippen MR) is 160 cm³/mol. The first-order valence-corrected chi connectivity index (χ1v) is 18.2. The summed E-state index contributed by atoms with van der Waals surface area (Å²) in [6, 6.07) is 6.63. The molecule has 0 bridgehead atoms. The number of aromatic nitrogens is 4. The quantitative estimate of drug-likeness (QED) is 0.421. The molecule has 8 nitrogen and oxygen atoms in total. The molecule has 0 spiro atoms. The van der Waals surface area contributed by atoms with E-state index in [0.29, 0.717) is 0 Å². The van der Waals surface area contributed by atoms with Gasteiger partial charge in [-0.3, -0.25) is 0 Å². The molecule has 2 N–H and O–H groups in total. The SMILES string of the molecule is c1c[nH]c(C2CN(N3CCSCC3)C(c3csnn3)(C3CCCCO3)C(c3ccsn3)(C3NCCS3)S2)c1. The normalized spacial score (nSPS) is 35.5. The second-order valence-electron chi connectivity index (χ2n) is 10.1. The smallest absolute Gasteiger partial charge is 0.129 e. The highest BCUT2D eigenvalue weighted by Gasteiger charge is 2.71. The maximum absolute atomic E-state index is 6.89. The second kappa shape index (κ2) is 11.3. The lowest BCUT2D eigenvalue weighted by atomic mass is 9.70. The first-order valence-electron chi connectivity index (χ1n) is 13.4. The van der Waals surface area contributed by atoms with Crippen LogP contribution in [0, 0.1) is 0 Å². The number of ether oxygens (including phenoxy) is 1. The van der Waals surface area contributed by atoms with Crippen molar-refractivity contribution < 1.29 is 4.74 Å². The van der Waals surface area contributed by atoms with Gasteiger partial charge in [0.2, 0.25) is 0 Å². The molecule has 38 heavy (non-hydrogen) atoms. The molecule has 3 aromatic heterocycles. The van der Waals surface area contributed by atoms with Gasteiger partial charge in [0.05, 0.1) is 22.4 Å². The van der Waals surface area contributed by atoms with E-state index in [9.17, 15) is 0 Å². The molecule has 5 atom stereocenters. The Labute approximate surface area is 244 Å². The van der Waals surface area contributed by atoms with E-state index in [-0.39, 0.29) is 16.7 Å². The summed E-state index contributed by atoms with van der Waals surface area (Å²) >= 11 is 9.16. The van der Waals surface area contributed by atoms with Crippen LogP contribution in [0.3, 0.4) is 0 Å². The largest absolute Gasteiger partial charge is 0.376 e. The highest BCUT2D eigenvalue weighted by atomic mass is 32.2. The van der Waals surface area contributed by atoms with Crippen LogP contribution in [0.4, 0.5) is 0 Å². The molecule has 0 aromatic carbocycles. The standard InChI is InChI=1S/C25H33N7OS5/c1-2-11-33-22(5-1)24(21-17-37-30-28-21)25(20-6-12-36-29-20,23-27-8-13-35-23)38-19(18-4-3-7-26-18)16-32(24)31-9-14-34-15-10-31/h3-4,6-7,12,17,19,22-23,26-27H,1-2,5,8-11,13-16H2. The Hall–Kier alpha value is -0.640. The van der Waals surface area contributed by atoms with Crippen molar-refractivity contribution in [2.24, 2.45) is 0 Å². The van der Waals surface area contributed by atoms with Crippen LogP contribution in [-0.4, -0.2) is 90.5 Å². The van der Waals surface area contributed by atoms with Crippen LogP contribution >= 0.6 is 58.4 Å². The van der Waals surface area contributed by atoms with Crippen LogP contribution in [0.15, 0.2) is 35.2 Å². The van der Waals surface area contributed by atoms with Crippen LogP contribution in [0.5, 0.6) is 0 Å². The van der Waals surface area contributed by atoms with Crippen LogP contribution in [0.25, 0.3) is 0 Å². The van der Waals surface area contributed by atoms with Gasteiger partial charge in [-0.1, -0.05) is 4.49 Å². The minimum Gasteiger partial charge on any atom is -0.376 e. The third-order valence-electron chi connectivity index (χ3n) is 8.24. The zero-order valence-corrected chi connectivity index (χ0v) is 25.2. The summed E-state index contributed by atoms with van der Waals surface area (Å²) in [6.07, 6.45) is 5.32. The van der Waals surface area contributed by atoms with Gasteiger partial charge in [0.15, 0.2) is 0 Å². The highest BCUT2D eigenvalue weighted by Crippen LogP contribution is 2.67. The third kappa shape index (κ3) is 4.23. The van der Waals surface area contributed by atoms with Gasteiger partial charge in [-0.2, -0.15) is 16.1 Å². The lowest BCUT2D eigenvalue weighted by Gasteiger charge is -2.65. The molecule has 0 saturated carbocycles. The van der Waals surface area contributed by atoms with Crippen molar-refractivity contribution in [1.82, 2.24) is 34.3 Å². The number of hydrogen-bond acceptors (Lipinski definition) is 12. The van der Waals surface area contributed by atoms with Crippen LogP contribution < -0.4 is 5.32 Å². The summed E-state index contributed by atoms with van der Waals surface area (Å²) in [4.78, 5) is 3.57. The van der Waals surface area contributed by atoms with Crippen molar-refractivity contribution in [3.8, 4) is 0 Å². The molecule has 4 saturated heterocycles. The molecule has 4 aliphatic heterocycles. The first kappa shape index (κ1) is 26.3. The number of H-pyrrole nitrogens is 1. The topological polar surface area (TPSA) is 82.2 Å². The summed E-state index contributed by atoms with van der Waals surface area (Å²) in [5.41, 5.74) is 2.88. The minimum atomic E-state index is -0.556. The van der Waals surface area contributed by atoms with E-state index in [2.05, 4.69) is 83.5 Å². The van der Waals surface area contributed by atoms with Crippen LogP contribution in [-0.2, 0) is 15.0 Å². The van der Waals surface area contributed by atoms with Crippen molar-refractivity contribution in [1.29, 1.82) is 0 Å². The first-order chi connectivity index (χ1) is 18.8. The molecule has 0 amide bonds. The summed E-state index contributed by atoms with van der Waals surface area (Å²) in [7, 11) is 0. The maximum atomic E-state index is 6.89. The van der Waals surface area contributed by atoms with Crippen molar-refractivity contribution in [2.45, 2.75) is 46.3 Å². The number of rotatable bonds is 6. The number of hydrazine groups is 1. The predicted octanol–water partition coefficient (Wildman–Crippen LogP) is 4.40. The van der Waals surface area contributed by atoms with Crippen molar-refractivity contribution in [3.63, 3.8) is 0 Å². The Kier molecular flexibility index (Phi) is 7.83. The zero-order chi connectivity index (χ0) is 25.4. The molecule has 4 aliphatic rings. The van der Waals surface area contributed by atoms with Gasteiger partial charge >= 0.3 is 0 Å². The molecule has 7 rings (SSSR count). The maximum Gasteiger partial charge on any atom is 0.129 e. The van der Waals surface area contributed by atoms with E-state index in [4.69, 9.17) is 14.2 Å². The highest BCUT2D eigenvalue weighted by molar-refractivity contribution is 8.04. The van der Waals surface area contributed by atoms with E-state index in [1.165, 1.54) is 17.2 Å². The number of aromatic amines is 1. The van der Waals surface area contributed by atoms with Crippen molar-refractivity contribution >= 4 is 58.4 Å². The number of thioether (sulfide) groups is 3. The lowest BCUT2D eigenvalue weighted by molar-refractivity contribution is -0.204. The molecule has 3 aromatic rings. The molecular weight excluding hydrogens is 575 g/mol. The summed E-state index contributed by atoms with van der Waals surface area (Å²) < 4.78 is 16.1. The van der Waals surface area contributed by atoms with Gasteiger partial charge in [0.25, 0.3) is 0 Å². The van der Waals surface area contributed by atoms with E-state index in [1.807, 2.05) is 11.8 Å². The fourth-order valence-corrected chi connectivity index (χ4v) is 12.3. The summed E-state index contributed by atoms with van der Waals surface area (Å²) in [5.74, 6) is 3.35. The molecular formula is C25H33N7OS5. The zero-order valence-electron chi connectivity index (χ0n) is 21.2. The fraction of sp³-hybridized carbons (Fsp3) is 0.640.